The molecule has 20 heavy (non-hydrogen) atoms. The molecule has 0 saturated carbocycles. The molecule has 0 fully saturated rings. The van der Waals surface area contributed by atoms with Gasteiger partial charge in [-0.3, -0.25) is 0 Å². The Labute approximate surface area is 124 Å². The average molecular weight is 320 g/mol. The monoisotopic (exact) mass is 319 g/mol. The van der Waals surface area contributed by atoms with Crippen LogP contribution in [0.4, 0.5) is 0 Å². The number of aliphatic hydroxyl groups is 1. The van der Waals surface area contributed by atoms with E-state index in [1.807, 2.05) is 0 Å². The zero-order chi connectivity index (χ0) is 15.0. The number of methoxy groups -OCH3 is 1. The topological polar surface area (TPSA) is 75.6 Å². The Morgan fingerprint density at radius 1 is 1.40 bits per heavy atom. The summed E-state index contributed by atoms with van der Waals surface area (Å²) in [6.07, 6.45) is 1.09. The van der Waals surface area contributed by atoms with Crippen LogP contribution in [0.5, 0.6) is 0 Å². The van der Waals surface area contributed by atoms with Crippen LogP contribution in [-0.4, -0.2) is 39.9 Å². The van der Waals surface area contributed by atoms with Gasteiger partial charge in [0.2, 0.25) is 10.0 Å². The third-order valence-corrected chi connectivity index (χ3v) is 3.80. The number of sulfonamides is 1. The van der Waals surface area contributed by atoms with Gasteiger partial charge in [-0.1, -0.05) is 23.7 Å². The van der Waals surface area contributed by atoms with Gasteiger partial charge in [-0.05, 0) is 30.2 Å². The average Bonchev–Trinajstić information content (AvgIpc) is 2.38. The molecule has 0 aliphatic rings. The molecule has 0 radical (unpaired) electrons. The highest BCUT2D eigenvalue weighted by Gasteiger charge is 2.07. The van der Waals surface area contributed by atoms with Crippen LogP contribution in [0.15, 0.2) is 29.7 Å². The van der Waals surface area contributed by atoms with Crippen LogP contribution < -0.4 is 4.72 Å². The van der Waals surface area contributed by atoms with E-state index >= 15 is 0 Å². The molecule has 0 aliphatic carbocycles. The van der Waals surface area contributed by atoms with Crippen molar-refractivity contribution >= 4 is 27.7 Å². The molecule has 1 unspecified atom stereocenters. The SMILES string of the molecule is COCC(O)CCNS(=O)(=O)/C=C/c1ccc(Cl)cc1. The first-order valence-corrected chi connectivity index (χ1v) is 7.95. The molecule has 0 aromatic heterocycles. The van der Waals surface area contributed by atoms with E-state index in [4.69, 9.17) is 16.3 Å². The van der Waals surface area contributed by atoms with E-state index in [-0.39, 0.29) is 13.2 Å². The standard InChI is InChI=1S/C13H18ClNO4S/c1-19-10-13(16)6-8-15-20(17,18)9-7-11-2-4-12(14)5-3-11/h2-5,7,9,13,15-16H,6,8,10H2,1H3/b9-7+. The van der Waals surface area contributed by atoms with Crippen LogP contribution in [-0.2, 0) is 14.8 Å². The molecular weight excluding hydrogens is 302 g/mol. The lowest BCUT2D eigenvalue weighted by Crippen LogP contribution is -2.27. The van der Waals surface area contributed by atoms with E-state index in [2.05, 4.69) is 4.72 Å². The molecular formula is C13H18ClNO4S. The van der Waals surface area contributed by atoms with Crippen molar-refractivity contribution in [3.63, 3.8) is 0 Å². The van der Waals surface area contributed by atoms with E-state index in [9.17, 15) is 13.5 Å². The summed E-state index contributed by atoms with van der Waals surface area (Å²) < 4.78 is 30.5. The quantitative estimate of drug-likeness (QED) is 0.763. The van der Waals surface area contributed by atoms with Crippen LogP contribution >= 0.6 is 11.6 Å². The van der Waals surface area contributed by atoms with Gasteiger partial charge in [-0.15, -0.1) is 0 Å². The van der Waals surface area contributed by atoms with Gasteiger partial charge in [0.05, 0.1) is 12.7 Å². The smallest absolute Gasteiger partial charge is 0.233 e. The van der Waals surface area contributed by atoms with Crippen molar-refractivity contribution in [3.05, 3.63) is 40.3 Å². The number of hydrogen-bond acceptors (Lipinski definition) is 4. The second-order valence-corrected chi connectivity index (χ2v) is 6.28. The fourth-order valence-electron chi connectivity index (χ4n) is 1.43. The zero-order valence-corrected chi connectivity index (χ0v) is 12.7. The Hall–Kier alpha value is -0.920. The Kier molecular flexibility index (Phi) is 7.18. The first-order chi connectivity index (χ1) is 9.43. The third-order valence-electron chi connectivity index (χ3n) is 2.45. The van der Waals surface area contributed by atoms with Crippen molar-refractivity contribution in [1.82, 2.24) is 4.72 Å². The van der Waals surface area contributed by atoms with Crippen LogP contribution in [0.1, 0.15) is 12.0 Å². The molecule has 0 aliphatic heterocycles. The molecule has 1 aromatic rings. The zero-order valence-electron chi connectivity index (χ0n) is 11.1. The molecule has 0 spiro atoms. The minimum atomic E-state index is -3.52. The van der Waals surface area contributed by atoms with Crippen LogP contribution in [0.25, 0.3) is 6.08 Å². The number of hydrogen-bond donors (Lipinski definition) is 2. The molecule has 1 atom stereocenters. The molecule has 0 heterocycles. The van der Waals surface area contributed by atoms with Crippen molar-refractivity contribution in [3.8, 4) is 0 Å². The summed E-state index contributed by atoms with van der Waals surface area (Å²) in [6.45, 7) is 0.333. The van der Waals surface area contributed by atoms with Crippen molar-refractivity contribution in [2.24, 2.45) is 0 Å². The minimum Gasteiger partial charge on any atom is -0.391 e. The predicted molar refractivity (Wildman–Crippen MR) is 79.9 cm³/mol. The van der Waals surface area contributed by atoms with Crippen molar-refractivity contribution in [2.45, 2.75) is 12.5 Å². The molecule has 112 valence electrons. The maximum atomic E-state index is 11.7. The lowest BCUT2D eigenvalue weighted by molar-refractivity contribution is 0.0603. The summed E-state index contributed by atoms with van der Waals surface area (Å²) >= 11 is 5.74. The fraction of sp³-hybridized carbons (Fsp3) is 0.385. The number of halogens is 1. The number of ether oxygens (including phenoxy) is 1. The number of benzene rings is 1. The van der Waals surface area contributed by atoms with Gasteiger partial charge in [0.1, 0.15) is 0 Å². The first-order valence-electron chi connectivity index (χ1n) is 6.03. The van der Waals surface area contributed by atoms with Gasteiger partial charge in [0, 0.05) is 24.1 Å². The van der Waals surface area contributed by atoms with Crippen LogP contribution in [0, 0.1) is 0 Å². The molecule has 0 saturated heterocycles. The summed E-state index contributed by atoms with van der Waals surface area (Å²) in [5.74, 6) is 0. The highest BCUT2D eigenvalue weighted by molar-refractivity contribution is 7.92. The number of aliphatic hydroxyl groups excluding tert-OH is 1. The van der Waals surface area contributed by atoms with Gasteiger partial charge >= 0.3 is 0 Å². The lowest BCUT2D eigenvalue weighted by atomic mass is 10.2. The Morgan fingerprint density at radius 3 is 2.65 bits per heavy atom. The number of nitrogens with one attached hydrogen (secondary N) is 1. The second-order valence-electron chi connectivity index (χ2n) is 4.19. The summed E-state index contributed by atoms with van der Waals surface area (Å²) in [5, 5.41) is 11.1. The van der Waals surface area contributed by atoms with E-state index in [1.165, 1.54) is 13.2 Å². The molecule has 0 bridgehead atoms. The Bertz CT molecular complexity index is 528. The van der Waals surface area contributed by atoms with E-state index < -0.39 is 16.1 Å². The van der Waals surface area contributed by atoms with Crippen LogP contribution in [0.3, 0.4) is 0 Å². The lowest BCUT2D eigenvalue weighted by Gasteiger charge is -2.09. The normalized spacial score (nSPS) is 13.8. The van der Waals surface area contributed by atoms with Gasteiger partial charge in [-0.2, -0.15) is 0 Å². The van der Waals surface area contributed by atoms with Crippen LogP contribution in [0.2, 0.25) is 5.02 Å². The van der Waals surface area contributed by atoms with Crippen molar-refractivity contribution in [2.75, 3.05) is 20.3 Å². The van der Waals surface area contributed by atoms with E-state index in [0.717, 1.165) is 11.0 Å². The third kappa shape index (κ3) is 7.02. The molecule has 2 N–H and O–H groups in total. The highest BCUT2D eigenvalue weighted by atomic mass is 35.5. The maximum absolute atomic E-state index is 11.7. The summed E-state index contributed by atoms with van der Waals surface area (Å²) in [4.78, 5) is 0. The molecule has 7 heteroatoms. The summed E-state index contributed by atoms with van der Waals surface area (Å²) in [6, 6.07) is 6.80. The summed E-state index contributed by atoms with van der Waals surface area (Å²) in [5.41, 5.74) is 0.735. The number of rotatable bonds is 8. The van der Waals surface area contributed by atoms with Gasteiger partial charge < -0.3 is 9.84 Å². The highest BCUT2D eigenvalue weighted by Crippen LogP contribution is 2.11. The minimum absolute atomic E-state index is 0.151. The van der Waals surface area contributed by atoms with E-state index in [1.54, 1.807) is 24.3 Å². The summed E-state index contributed by atoms with van der Waals surface area (Å²) in [7, 11) is -2.04. The predicted octanol–water partition coefficient (Wildman–Crippen LogP) is 1.63. The van der Waals surface area contributed by atoms with Gasteiger partial charge in [0.25, 0.3) is 0 Å². The molecule has 1 rings (SSSR count). The molecule has 0 amide bonds. The Morgan fingerprint density at radius 2 is 2.05 bits per heavy atom. The van der Waals surface area contributed by atoms with Crippen molar-refractivity contribution < 1.29 is 18.3 Å². The molecule has 5 nitrogen and oxygen atoms in total. The Balaban J connectivity index is 2.47. The van der Waals surface area contributed by atoms with Gasteiger partial charge in [0.15, 0.2) is 0 Å². The second kappa shape index (κ2) is 8.39. The maximum Gasteiger partial charge on any atom is 0.233 e. The van der Waals surface area contributed by atoms with E-state index in [0.29, 0.717) is 11.4 Å². The van der Waals surface area contributed by atoms with Gasteiger partial charge in [-0.25, -0.2) is 13.1 Å². The molecule has 1 aromatic carbocycles. The van der Waals surface area contributed by atoms with Crippen molar-refractivity contribution in [1.29, 1.82) is 0 Å². The fourth-order valence-corrected chi connectivity index (χ4v) is 2.39. The first kappa shape index (κ1) is 17.1. The largest absolute Gasteiger partial charge is 0.391 e.